The number of carbonyl (C=O) groups is 3. The van der Waals surface area contributed by atoms with Crippen LogP contribution in [0.2, 0.25) is 0 Å². The maximum Gasteiger partial charge on any atom is 0.309 e. The molecule has 2 aliphatic carbocycles. The Balaban J connectivity index is 1.22. The fourth-order valence-corrected chi connectivity index (χ4v) is 5.98. The summed E-state index contributed by atoms with van der Waals surface area (Å²) in [4.78, 5) is 39.9. The number of esters is 1. The van der Waals surface area contributed by atoms with Gasteiger partial charge in [0.25, 0.3) is 11.8 Å². The number of likely N-dealkylation sites (tertiary alicyclic amines) is 1. The van der Waals surface area contributed by atoms with Crippen molar-refractivity contribution in [2.75, 3.05) is 13.1 Å². The monoisotopic (exact) mass is 440 g/mol. The normalized spacial score (nSPS) is 27.1. The van der Waals surface area contributed by atoms with Gasteiger partial charge in [-0.2, -0.15) is 0 Å². The SMILES string of the molecule is Cc1ccccc1C(=O)N1CCC(C(=O)O[C@H](C)C(=O)N[C@H](C)[C@@H]2C[C@H]3CC[C@H]2C3)CC1. The molecule has 174 valence electrons. The molecule has 1 heterocycles. The average Bonchev–Trinajstić information content (AvgIpc) is 3.43. The Kier molecular flexibility index (Phi) is 6.87. The van der Waals surface area contributed by atoms with E-state index < -0.39 is 6.10 Å². The maximum atomic E-state index is 12.8. The second-order valence-electron chi connectivity index (χ2n) is 10.1. The van der Waals surface area contributed by atoms with Crippen LogP contribution >= 0.6 is 0 Å². The molecule has 32 heavy (non-hydrogen) atoms. The maximum absolute atomic E-state index is 12.8. The van der Waals surface area contributed by atoms with Crippen LogP contribution in [0.4, 0.5) is 0 Å². The van der Waals surface area contributed by atoms with Crippen LogP contribution in [0.1, 0.15) is 68.3 Å². The van der Waals surface area contributed by atoms with Gasteiger partial charge in [0.05, 0.1) is 5.92 Å². The van der Waals surface area contributed by atoms with E-state index in [1.165, 1.54) is 25.7 Å². The van der Waals surface area contributed by atoms with E-state index in [1.54, 1.807) is 11.8 Å². The quantitative estimate of drug-likeness (QED) is 0.684. The van der Waals surface area contributed by atoms with E-state index in [1.807, 2.05) is 31.2 Å². The van der Waals surface area contributed by atoms with E-state index >= 15 is 0 Å². The molecule has 0 radical (unpaired) electrons. The molecule has 3 aliphatic rings. The predicted molar refractivity (Wildman–Crippen MR) is 122 cm³/mol. The minimum atomic E-state index is -0.796. The Labute approximate surface area is 191 Å². The number of aryl methyl sites for hydroxylation is 1. The van der Waals surface area contributed by atoms with Crippen molar-refractivity contribution in [3.05, 3.63) is 35.4 Å². The van der Waals surface area contributed by atoms with Crippen LogP contribution in [0.25, 0.3) is 0 Å². The Hall–Kier alpha value is -2.37. The highest BCUT2D eigenvalue weighted by Crippen LogP contribution is 2.49. The van der Waals surface area contributed by atoms with Gasteiger partial charge in [0.15, 0.2) is 6.10 Å². The average molecular weight is 441 g/mol. The van der Waals surface area contributed by atoms with E-state index in [0.717, 1.165) is 17.4 Å². The molecular formula is C26H36N2O4. The van der Waals surface area contributed by atoms with Crippen molar-refractivity contribution >= 4 is 17.8 Å². The van der Waals surface area contributed by atoms with Gasteiger partial charge in [-0.05, 0) is 82.3 Å². The number of hydrogen-bond acceptors (Lipinski definition) is 4. The summed E-state index contributed by atoms with van der Waals surface area (Å²) >= 11 is 0. The van der Waals surface area contributed by atoms with E-state index in [0.29, 0.717) is 37.4 Å². The molecule has 1 N–H and O–H groups in total. The van der Waals surface area contributed by atoms with Crippen LogP contribution in [0.3, 0.4) is 0 Å². The topological polar surface area (TPSA) is 75.7 Å². The summed E-state index contributed by atoms with van der Waals surface area (Å²) in [7, 11) is 0. The highest BCUT2D eigenvalue weighted by Gasteiger charge is 2.42. The third-order valence-electron chi connectivity index (χ3n) is 7.96. The molecule has 5 atom stereocenters. The number of fused-ring (bicyclic) bond motifs is 2. The minimum Gasteiger partial charge on any atom is -0.452 e. The fraction of sp³-hybridized carbons (Fsp3) is 0.654. The molecule has 6 heteroatoms. The van der Waals surface area contributed by atoms with E-state index in [2.05, 4.69) is 12.2 Å². The lowest BCUT2D eigenvalue weighted by molar-refractivity contribution is -0.160. The second-order valence-corrected chi connectivity index (χ2v) is 10.1. The van der Waals surface area contributed by atoms with Gasteiger partial charge in [0.1, 0.15) is 0 Å². The fourth-order valence-electron chi connectivity index (χ4n) is 5.98. The van der Waals surface area contributed by atoms with Crippen LogP contribution in [-0.2, 0) is 14.3 Å². The summed E-state index contributed by atoms with van der Waals surface area (Å²) in [6.07, 6.45) is 5.46. The summed E-state index contributed by atoms with van der Waals surface area (Å²) in [6.45, 7) is 6.71. The van der Waals surface area contributed by atoms with E-state index in [9.17, 15) is 14.4 Å². The third-order valence-corrected chi connectivity index (χ3v) is 7.96. The Bertz CT molecular complexity index is 861. The Morgan fingerprint density at radius 3 is 2.38 bits per heavy atom. The Morgan fingerprint density at radius 2 is 1.75 bits per heavy atom. The Morgan fingerprint density at radius 1 is 1.03 bits per heavy atom. The number of rotatable bonds is 6. The molecule has 0 spiro atoms. The van der Waals surface area contributed by atoms with Crippen LogP contribution < -0.4 is 5.32 Å². The van der Waals surface area contributed by atoms with Crippen molar-refractivity contribution in [3.63, 3.8) is 0 Å². The third kappa shape index (κ3) is 4.84. The summed E-state index contributed by atoms with van der Waals surface area (Å²) < 4.78 is 5.52. The molecule has 1 aromatic carbocycles. The largest absolute Gasteiger partial charge is 0.452 e. The van der Waals surface area contributed by atoms with Crippen LogP contribution in [-0.4, -0.2) is 47.9 Å². The zero-order chi connectivity index (χ0) is 22.8. The van der Waals surface area contributed by atoms with Crippen molar-refractivity contribution in [2.24, 2.45) is 23.7 Å². The predicted octanol–water partition coefficient (Wildman–Crippen LogP) is 3.72. The van der Waals surface area contributed by atoms with Crippen LogP contribution in [0.5, 0.6) is 0 Å². The van der Waals surface area contributed by atoms with Gasteiger partial charge in [-0.15, -0.1) is 0 Å². The summed E-state index contributed by atoms with van der Waals surface area (Å²) in [5, 5.41) is 3.09. The number of carbonyl (C=O) groups excluding carboxylic acids is 3. The first-order chi connectivity index (χ1) is 15.3. The number of hydrogen-bond donors (Lipinski definition) is 1. The lowest BCUT2D eigenvalue weighted by atomic mass is 9.84. The van der Waals surface area contributed by atoms with Gasteiger partial charge in [-0.3, -0.25) is 14.4 Å². The first kappa shape index (κ1) is 22.8. The van der Waals surface area contributed by atoms with Gasteiger partial charge in [-0.1, -0.05) is 24.6 Å². The lowest BCUT2D eigenvalue weighted by Gasteiger charge is -2.32. The lowest BCUT2D eigenvalue weighted by Crippen LogP contribution is -2.46. The smallest absolute Gasteiger partial charge is 0.309 e. The van der Waals surface area contributed by atoms with Crippen molar-refractivity contribution in [2.45, 2.75) is 71.4 Å². The zero-order valence-electron chi connectivity index (χ0n) is 19.5. The van der Waals surface area contributed by atoms with E-state index in [4.69, 9.17) is 4.74 Å². The first-order valence-corrected chi connectivity index (χ1v) is 12.2. The molecule has 1 aromatic rings. The molecule has 0 aromatic heterocycles. The molecule has 3 fully saturated rings. The van der Waals surface area contributed by atoms with Gasteiger partial charge < -0.3 is 15.0 Å². The summed E-state index contributed by atoms with van der Waals surface area (Å²) in [6, 6.07) is 7.69. The molecule has 2 amide bonds. The molecule has 6 nitrogen and oxygen atoms in total. The molecule has 1 aliphatic heterocycles. The molecule has 0 unspecified atom stereocenters. The zero-order valence-corrected chi connectivity index (χ0v) is 19.5. The minimum absolute atomic E-state index is 0.0114. The van der Waals surface area contributed by atoms with Crippen LogP contribution in [0.15, 0.2) is 24.3 Å². The second kappa shape index (κ2) is 9.63. The number of ether oxygens (including phenoxy) is 1. The van der Waals surface area contributed by atoms with Crippen molar-refractivity contribution in [1.82, 2.24) is 10.2 Å². The van der Waals surface area contributed by atoms with Crippen LogP contribution in [0, 0.1) is 30.6 Å². The molecule has 1 saturated heterocycles. The number of nitrogens with one attached hydrogen (secondary N) is 1. The summed E-state index contributed by atoms with van der Waals surface area (Å²) in [5.41, 5.74) is 1.67. The number of piperidine rings is 1. The number of amides is 2. The summed E-state index contributed by atoms with van der Waals surface area (Å²) in [5.74, 6) is 1.33. The molecule has 2 saturated carbocycles. The van der Waals surface area contributed by atoms with Crippen molar-refractivity contribution < 1.29 is 19.1 Å². The molecular weight excluding hydrogens is 404 g/mol. The van der Waals surface area contributed by atoms with Crippen molar-refractivity contribution in [3.8, 4) is 0 Å². The highest BCUT2D eigenvalue weighted by molar-refractivity contribution is 5.95. The highest BCUT2D eigenvalue weighted by atomic mass is 16.5. The van der Waals surface area contributed by atoms with Gasteiger partial charge >= 0.3 is 5.97 Å². The van der Waals surface area contributed by atoms with E-state index in [-0.39, 0.29) is 29.7 Å². The van der Waals surface area contributed by atoms with Gasteiger partial charge in [-0.25, -0.2) is 0 Å². The molecule has 4 rings (SSSR count). The number of nitrogens with zero attached hydrogens (tertiary/aromatic N) is 1. The molecule has 2 bridgehead atoms. The standard InChI is InChI=1S/C26H36N2O4/c1-16-6-4-5-7-22(16)25(30)28-12-10-20(11-13-28)26(31)32-18(3)24(29)27-17(2)23-15-19-8-9-21(23)14-19/h4-7,17-21,23H,8-15H2,1-3H3,(H,27,29)/t17-,18-,19+,21+,23+/m1/s1. The first-order valence-electron chi connectivity index (χ1n) is 12.2. The van der Waals surface area contributed by atoms with Gasteiger partial charge in [0.2, 0.25) is 0 Å². The van der Waals surface area contributed by atoms with Crippen molar-refractivity contribution in [1.29, 1.82) is 0 Å². The van der Waals surface area contributed by atoms with Gasteiger partial charge in [0, 0.05) is 24.7 Å². The number of benzene rings is 1.